The van der Waals surface area contributed by atoms with Crippen LogP contribution in [0.25, 0.3) is 0 Å². The van der Waals surface area contributed by atoms with E-state index in [4.69, 9.17) is 5.11 Å². The van der Waals surface area contributed by atoms with Gasteiger partial charge in [-0.05, 0) is 75.5 Å². The van der Waals surface area contributed by atoms with E-state index in [1.807, 2.05) is 0 Å². The Morgan fingerprint density at radius 3 is 2.16 bits per heavy atom. The van der Waals surface area contributed by atoms with Crippen molar-refractivity contribution in [1.29, 1.82) is 0 Å². The largest absolute Gasteiger partial charge is 0.481 e. The number of carboxylic acid groups (broad SMARTS) is 1. The van der Waals surface area contributed by atoms with Crippen LogP contribution in [-0.2, 0) is 11.3 Å². The molecule has 3 nitrogen and oxygen atoms in total. The number of carbonyl (C=O) groups is 1. The van der Waals surface area contributed by atoms with Crippen molar-refractivity contribution in [3.8, 4) is 0 Å². The number of aliphatic carboxylic acids is 1. The fourth-order valence-electron chi connectivity index (χ4n) is 2.38. The number of aryl methyl sites for hydroxylation is 2. The van der Waals surface area contributed by atoms with Crippen LogP contribution in [0.3, 0.4) is 0 Å². The number of rotatable bonds is 6. The zero-order valence-corrected chi connectivity index (χ0v) is 12.7. The highest BCUT2D eigenvalue weighted by Crippen LogP contribution is 2.22. The molecule has 1 rings (SSSR count). The maximum absolute atomic E-state index is 10.5. The predicted molar refractivity (Wildman–Crippen MR) is 78.6 cm³/mol. The van der Waals surface area contributed by atoms with Crippen molar-refractivity contribution in [3.63, 3.8) is 0 Å². The molecular formula is C16H25NO2. The SMILES string of the molecule is Cc1cc(C)c(C)c(CN(C)CCCC(=O)O)c1C. The van der Waals surface area contributed by atoms with E-state index < -0.39 is 5.97 Å². The third-order valence-corrected chi connectivity index (χ3v) is 3.88. The van der Waals surface area contributed by atoms with Gasteiger partial charge in [-0.15, -0.1) is 0 Å². The zero-order valence-electron chi connectivity index (χ0n) is 12.7. The Labute approximate surface area is 116 Å². The fourth-order valence-corrected chi connectivity index (χ4v) is 2.38. The molecule has 0 aromatic heterocycles. The van der Waals surface area contributed by atoms with Gasteiger partial charge in [-0.2, -0.15) is 0 Å². The monoisotopic (exact) mass is 263 g/mol. The Morgan fingerprint density at radius 1 is 1.16 bits per heavy atom. The van der Waals surface area contributed by atoms with E-state index in [2.05, 4.69) is 45.7 Å². The number of benzene rings is 1. The summed E-state index contributed by atoms with van der Waals surface area (Å²) in [6.07, 6.45) is 0.948. The first-order chi connectivity index (χ1) is 8.82. The van der Waals surface area contributed by atoms with Crippen molar-refractivity contribution in [1.82, 2.24) is 4.90 Å². The summed E-state index contributed by atoms with van der Waals surface area (Å²) >= 11 is 0. The first kappa shape index (κ1) is 15.7. The molecule has 19 heavy (non-hydrogen) atoms. The van der Waals surface area contributed by atoms with Crippen molar-refractivity contribution in [2.75, 3.05) is 13.6 Å². The maximum Gasteiger partial charge on any atom is 0.303 e. The minimum absolute atomic E-state index is 0.245. The molecule has 1 aromatic carbocycles. The van der Waals surface area contributed by atoms with Gasteiger partial charge >= 0.3 is 5.97 Å². The molecule has 0 aliphatic carbocycles. The van der Waals surface area contributed by atoms with E-state index >= 15 is 0 Å². The molecule has 0 saturated heterocycles. The summed E-state index contributed by atoms with van der Waals surface area (Å²) in [6, 6.07) is 2.23. The number of hydrogen-bond donors (Lipinski definition) is 1. The van der Waals surface area contributed by atoms with Gasteiger partial charge in [0.05, 0.1) is 0 Å². The molecule has 106 valence electrons. The quantitative estimate of drug-likeness (QED) is 0.856. The Morgan fingerprint density at radius 2 is 1.68 bits per heavy atom. The average Bonchev–Trinajstić information content (AvgIpc) is 2.32. The fraction of sp³-hybridized carbons (Fsp3) is 0.562. The Hall–Kier alpha value is -1.35. The van der Waals surface area contributed by atoms with Gasteiger partial charge in [0.1, 0.15) is 0 Å². The highest BCUT2D eigenvalue weighted by atomic mass is 16.4. The second-order valence-electron chi connectivity index (χ2n) is 5.47. The number of nitrogens with zero attached hydrogens (tertiary/aromatic N) is 1. The molecule has 0 radical (unpaired) electrons. The number of hydrogen-bond acceptors (Lipinski definition) is 2. The lowest BCUT2D eigenvalue weighted by Gasteiger charge is -2.21. The van der Waals surface area contributed by atoms with Crippen molar-refractivity contribution in [2.45, 2.75) is 47.1 Å². The normalized spacial score (nSPS) is 11.1. The van der Waals surface area contributed by atoms with E-state index in [-0.39, 0.29) is 6.42 Å². The molecule has 0 spiro atoms. The maximum atomic E-state index is 10.5. The molecule has 0 unspecified atom stereocenters. The lowest BCUT2D eigenvalue weighted by Crippen LogP contribution is -2.21. The van der Waals surface area contributed by atoms with Crippen LogP contribution in [0.5, 0.6) is 0 Å². The minimum atomic E-state index is -0.716. The summed E-state index contributed by atoms with van der Waals surface area (Å²) in [5, 5.41) is 8.66. The van der Waals surface area contributed by atoms with Crippen LogP contribution in [0.1, 0.15) is 40.7 Å². The molecular weight excluding hydrogens is 238 g/mol. The second kappa shape index (κ2) is 6.71. The summed E-state index contributed by atoms with van der Waals surface area (Å²) in [5.74, 6) is -0.716. The van der Waals surface area contributed by atoms with E-state index in [1.165, 1.54) is 27.8 Å². The summed E-state index contributed by atoms with van der Waals surface area (Å²) in [6.45, 7) is 10.3. The first-order valence-corrected chi connectivity index (χ1v) is 6.79. The summed E-state index contributed by atoms with van der Waals surface area (Å²) in [7, 11) is 2.05. The van der Waals surface area contributed by atoms with E-state index in [0.29, 0.717) is 6.42 Å². The van der Waals surface area contributed by atoms with Gasteiger partial charge in [-0.25, -0.2) is 0 Å². The van der Waals surface area contributed by atoms with Crippen molar-refractivity contribution in [2.24, 2.45) is 0 Å². The topological polar surface area (TPSA) is 40.5 Å². The van der Waals surface area contributed by atoms with E-state index in [1.54, 1.807) is 0 Å². The van der Waals surface area contributed by atoms with Gasteiger partial charge in [0, 0.05) is 13.0 Å². The van der Waals surface area contributed by atoms with Gasteiger partial charge in [-0.3, -0.25) is 4.79 Å². The Balaban J connectivity index is 2.74. The van der Waals surface area contributed by atoms with Crippen LogP contribution < -0.4 is 0 Å². The number of carboxylic acids is 1. The van der Waals surface area contributed by atoms with Gasteiger partial charge < -0.3 is 10.0 Å². The van der Waals surface area contributed by atoms with Gasteiger partial charge in [-0.1, -0.05) is 6.07 Å². The molecule has 0 aliphatic heterocycles. The van der Waals surface area contributed by atoms with Crippen molar-refractivity contribution < 1.29 is 9.90 Å². The molecule has 0 amide bonds. The van der Waals surface area contributed by atoms with Crippen molar-refractivity contribution >= 4 is 5.97 Å². The molecule has 1 aromatic rings. The Bertz CT molecular complexity index is 440. The highest BCUT2D eigenvalue weighted by molar-refractivity contribution is 5.66. The third kappa shape index (κ3) is 4.35. The van der Waals surface area contributed by atoms with Crippen LogP contribution in [0, 0.1) is 27.7 Å². The molecule has 0 heterocycles. The van der Waals surface area contributed by atoms with Crippen LogP contribution in [0.2, 0.25) is 0 Å². The molecule has 0 fully saturated rings. The Kier molecular flexibility index (Phi) is 5.55. The highest BCUT2D eigenvalue weighted by Gasteiger charge is 2.10. The molecule has 0 atom stereocenters. The van der Waals surface area contributed by atoms with Gasteiger partial charge in [0.15, 0.2) is 0 Å². The second-order valence-corrected chi connectivity index (χ2v) is 5.47. The van der Waals surface area contributed by atoms with Crippen LogP contribution in [0.15, 0.2) is 6.07 Å². The standard InChI is InChI=1S/C16H25NO2/c1-11-9-12(2)14(4)15(13(11)3)10-17(5)8-6-7-16(18)19/h9H,6-8,10H2,1-5H3,(H,18,19). The van der Waals surface area contributed by atoms with E-state index in [9.17, 15) is 4.79 Å². The zero-order chi connectivity index (χ0) is 14.6. The predicted octanol–water partition coefficient (Wildman–Crippen LogP) is 3.22. The van der Waals surface area contributed by atoms with Gasteiger partial charge in [0.2, 0.25) is 0 Å². The average molecular weight is 263 g/mol. The molecule has 0 saturated carbocycles. The van der Waals surface area contributed by atoms with Crippen molar-refractivity contribution in [3.05, 3.63) is 33.9 Å². The summed E-state index contributed by atoms with van der Waals surface area (Å²) < 4.78 is 0. The molecule has 0 bridgehead atoms. The molecule has 3 heteroatoms. The van der Waals surface area contributed by atoms with Crippen LogP contribution in [-0.4, -0.2) is 29.6 Å². The summed E-state index contributed by atoms with van der Waals surface area (Å²) in [4.78, 5) is 12.7. The summed E-state index contributed by atoms with van der Waals surface area (Å²) in [5.41, 5.74) is 6.76. The van der Waals surface area contributed by atoms with Gasteiger partial charge in [0.25, 0.3) is 0 Å². The van der Waals surface area contributed by atoms with Crippen LogP contribution >= 0.6 is 0 Å². The van der Waals surface area contributed by atoms with Crippen LogP contribution in [0.4, 0.5) is 0 Å². The minimum Gasteiger partial charge on any atom is -0.481 e. The first-order valence-electron chi connectivity index (χ1n) is 6.79. The third-order valence-electron chi connectivity index (χ3n) is 3.88. The molecule has 1 N–H and O–H groups in total. The lowest BCUT2D eigenvalue weighted by atomic mass is 9.94. The van der Waals surface area contributed by atoms with E-state index in [0.717, 1.165) is 13.1 Å². The lowest BCUT2D eigenvalue weighted by molar-refractivity contribution is -0.137. The smallest absolute Gasteiger partial charge is 0.303 e. The molecule has 0 aliphatic rings.